The molecule has 128 valence electrons. The molecule has 0 spiro atoms. The first-order valence-electron chi connectivity index (χ1n) is 7.16. The van der Waals surface area contributed by atoms with Crippen molar-refractivity contribution in [2.24, 2.45) is 0 Å². The minimum atomic E-state index is -1.00. The van der Waals surface area contributed by atoms with Crippen LogP contribution in [-0.2, 0) is 16.0 Å². The van der Waals surface area contributed by atoms with E-state index in [1.165, 1.54) is 20.2 Å². The minimum absolute atomic E-state index is 0.0343. The second-order valence-corrected chi connectivity index (χ2v) is 6.17. The van der Waals surface area contributed by atoms with Crippen LogP contribution in [0.5, 0.6) is 0 Å². The van der Waals surface area contributed by atoms with Crippen LogP contribution in [0.2, 0.25) is 0 Å². The standard InChI is InChI=1S/C16H22F2N2O3/c1-16(2,3)23-15(22)20(5)13(14(21)19-4)9-10-6-7-11(17)12(18)8-10/h6-8,13H,9H2,1-5H3,(H,19,21)/t13-/m1/s1. The fourth-order valence-corrected chi connectivity index (χ4v) is 1.92. The zero-order chi connectivity index (χ0) is 17.8. The summed E-state index contributed by atoms with van der Waals surface area (Å²) in [6, 6.07) is 2.46. The van der Waals surface area contributed by atoms with Gasteiger partial charge in [-0.3, -0.25) is 9.69 Å². The zero-order valence-corrected chi connectivity index (χ0v) is 13.9. The lowest BCUT2D eigenvalue weighted by Gasteiger charge is -2.29. The van der Waals surface area contributed by atoms with Crippen LogP contribution in [-0.4, -0.2) is 42.6 Å². The summed E-state index contributed by atoms with van der Waals surface area (Å²) in [5.74, 6) is -2.40. The highest BCUT2D eigenvalue weighted by atomic mass is 19.2. The molecule has 0 fully saturated rings. The van der Waals surface area contributed by atoms with Crippen molar-refractivity contribution in [2.45, 2.75) is 38.8 Å². The fraction of sp³-hybridized carbons (Fsp3) is 0.500. The Morgan fingerprint density at radius 1 is 1.26 bits per heavy atom. The van der Waals surface area contributed by atoms with Crippen molar-refractivity contribution in [1.29, 1.82) is 0 Å². The number of amides is 2. The summed E-state index contributed by atoms with van der Waals surface area (Å²) in [7, 11) is 2.86. The second kappa shape index (κ2) is 7.39. The van der Waals surface area contributed by atoms with Crippen molar-refractivity contribution in [3.8, 4) is 0 Å². The van der Waals surface area contributed by atoms with E-state index in [1.807, 2.05) is 0 Å². The van der Waals surface area contributed by atoms with Crippen LogP contribution < -0.4 is 5.32 Å². The molecule has 0 aromatic heterocycles. The predicted octanol–water partition coefficient (Wildman–Crippen LogP) is 2.49. The number of benzene rings is 1. The molecule has 1 N–H and O–H groups in total. The second-order valence-electron chi connectivity index (χ2n) is 6.17. The maximum Gasteiger partial charge on any atom is 0.410 e. The molecule has 0 unspecified atom stereocenters. The molecule has 2 amide bonds. The third kappa shape index (κ3) is 5.50. The fourth-order valence-electron chi connectivity index (χ4n) is 1.92. The molecular weight excluding hydrogens is 306 g/mol. The highest BCUT2D eigenvalue weighted by Crippen LogP contribution is 2.15. The number of carbonyl (C=O) groups excluding carboxylic acids is 2. The van der Waals surface area contributed by atoms with Crippen molar-refractivity contribution >= 4 is 12.0 Å². The number of carbonyl (C=O) groups is 2. The van der Waals surface area contributed by atoms with Crippen molar-refractivity contribution in [1.82, 2.24) is 10.2 Å². The molecule has 1 atom stereocenters. The van der Waals surface area contributed by atoms with E-state index in [0.717, 1.165) is 17.0 Å². The SMILES string of the molecule is CNC(=O)[C@@H](Cc1ccc(F)c(F)c1)N(C)C(=O)OC(C)(C)C. The Bertz CT molecular complexity index is 585. The number of hydrogen-bond acceptors (Lipinski definition) is 3. The van der Waals surface area contributed by atoms with Crippen LogP contribution in [0.15, 0.2) is 18.2 Å². The van der Waals surface area contributed by atoms with Crippen LogP contribution in [0, 0.1) is 11.6 Å². The van der Waals surface area contributed by atoms with Gasteiger partial charge in [0.25, 0.3) is 0 Å². The molecular formula is C16H22F2N2O3. The lowest BCUT2D eigenvalue weighted by Crippen LogP contribution is -2.49. The Labute approximate surface area is 134 Å². The Kier molecular flexibility index (Phi) is 6.06. The maximum atomic E-state index is 13.3. The van der Waals surface area contributed by atoms with Crippen LogP contribution in [0.1, 0.15) is 26.3 Å². The van der Waals surface area contributed by atoms with Crippen LogP contribution in [0.25, 0.3) is 0 Å². The Morgan fingerprint density at radius 2 is 1.87 bits per heavy atom. The monoisotopic (exact) mass is 328 g/mol. The maximum absolute atomic E-state index is 13.3. The largest absolute Gasteiger partial charge is 0.444 e. The summed E-state index contributed by atoms with van der Waals surface area (Å²) >= 11 is 0. The molecule has 1 aromatic carbocycles. The molecule has 0 aliphatic heterocycles. The van der Waals surface area contributed by atoms with Crippen molar-refractivity contribution in [3.63, 3.8) is 0 Å². The molecule has 0 saturated heterocycles. The highest BCUT2D eigenvalue weighted by Gasteiger charge is 2.30. The molecule has 0 saturated carbocycles. The van der Waals surface area contributed by atoms with E-state index < -0.39 is 35.3 Å². The van der Waals surface area contributed by atoms with Gasteiger partial charge in [-0.2, -0.15) is 0 Å². The van der Waals surface area contributed by atoms with Gasteiger partial charge in [-0.25, -0.2) is 13.6 Å². The van der Waals surface area contributed by atoms with E-state index in [4.69, 9.17) is 4.74 Å². The number of halogens is 2. The van der Waals surface area contributed by atoms with E-state index in [9.17, 15) is 18.4 Å². The third-order valence-corrected chi connectivity index (χ3v) is 3.11. The average molecular weight is 328 g/mol. The Balaban J connectivity index is 2.97. The van der Waals surface area contributed by atoms with E-state index in [0.29, 0.717) is 5.56 Å². The van der Waals surface area contributed by atoms with Gasteiger partial charge >= 0.3 is 6.09 Å². The van der Waals surface area contributed by atoms with Crippen LogP contribution in [0.4, 0.5) is 13.6 Å². The number of ether oxygens (including phenoxy) is 1. The van der Waals surface area contributed by atoms with Crippen molar-refractivity contribution < 1.29 is 23.1 Å². The first-order valence-corrected chi connectivity index (χ1v) is 7.16. The normalized spacial score (nSPS) is 12.5. The summed E-state index contributed by atoms with van der Waals surface area (Å²) in [6.45, 7) is 5.13. The number of likely N-dealkylation sites (N-methyl/N-ethyl adjacent to an activating group) is 2. The third-order valence-electron chi connectivity index (χ3n) is 3.11. The zero-order valence-electron chi connectivity index (χ0n) is 13.9. The van der Waals surface area contributed by atoms with Gasteiger partial charge in [0.1, 0.15) is 11.6 Å². The Hall–Kier alpha value is -2.18. The number of nitrogens with zero attached hydrogens (tertiary/aromatic N) is 1. The quantitative estimate of drug-likeness (QED) is 0.924. The van der Waals surface area contributed by atoms with Crippen molar-refractivity contribution in [3.05, 3.63) is 35.4 Å². The summed E-state index contributed by atoms with van der Waals surface area (Å²) in [5.41, 5.74) is -0.312. The molecule has 0 radical (unpaired) electrons. The van der Waals surface area contributed by atoms with Gasteiger partial charge in [-0.15, -0.1) is 0 Å². The summed E-state index contributed by atoms with van der Waals surface area (Å²) in [6.07, 6.45) is -0.638. The first kappa shape index (κ1) is 18.9. The Morgan fingerprint density at radius 3 is 2.35 bits per heavy atom. The summed E-state index contributed by atoms with van der Waals surface area (Å²) in [4.78, 5) is 25.3. The molecule has 5 nitrogen and oxygen atoms in total. The molecule has 23 heavy (non-hydrogen) atoms. The van der Waals surface area contributed by atoms with Gasteiger partial charge in [0.2, 0.25) is 5.91 Å². The number of nitrogens with one attached hydrogen (secondary N) is 1. The molecule has 1 rings (SSSR count). The van der Waals surface area contributed by atoms with E-state index in [2.05, 4.69) is 5.32 Å². The molecule has 7 heteroatoms. The molecule has 1 aromatic rings. The number of hydrogen-bond donors (Lipinski definition) is 1. The molecule has 0 aliphatic rings. The van der Waals surface area contributed by atoms with Gasteiger partial charge in [0.05, 0.1) is 0 Å². The summed E-state index contributed by atoms with van der Waals surface area (Å²) < 4.78 is 31.5. The van der Waals surface area contributed by atoms with Crippen LogP contribution >= 0.6 is 0 Å². The van der Waals surface area contributed by atoms with Gasteiger partial charge in [-0.1, -0.05) is 6.07 Å². The highest BCUT2D eigenvalue weighted by molar-refractivity contribution is 5.85. The van der Waals surface area contributed by atoms with Crippen LogP contribution in [0.3, 0.4) is 0 Å². The van der Waals surface area contributed by atoms with Gasteiger partial charge in [0.15, 0.2) is 11.6 Å². The molecule has 0 heterocycles. The first-order chi connectivity index (χ1) is 10.5. The lowest BCUT2D eigenvalue weighted by atomic mass is 10.0. The topological polar surface area (TPSA) is 58.6 Å². The average Bonchev–Trinajstić information content (AvgIpc) is 2.45. The summed E-state index contributed by atoms with van der Waals surface area (Å²) in [5, 5.41) is 2.45. The predicted molar refractivity (Wildman–Crippen MR) is 81.9 cm³/mol. The van der Waals surface area contributed by atoms with E-state index >= 15 is 0 Å². The molecule has 0 bridgehead atoms. The smallest absolute Gasteiger partial charge is 0.410 e. The van der Waals surface area contributed by atoms with Gasteiger partial charge < -0.3 is 10.1 Å². The van der Waals surface area contributed by atoms with Gasteiger partial charge in [0, 0.05) is 20.5 Å². The van der Waals surface area contributed by atoms with E-state index in [1.54, 1.807) is 20.8 Å². The van der Waals surface area contributed by atoms with Crippen molar-refractivity contribution in [2.75, 3.05) is 14.1 Å². The number of rotatable bonds is 4. The van der Waals surface area contributed by atoms with E-state index in [-0.39, 0.29) is 6.42 Å². The minimum Gasteiger partial charge on any atom is -0.444 e. The molecule has 0 aliphatic carbocycles. The lowest BCUT2D eigenvalue weighted by molar-refractivity contribution is -0.125. The van der Waals surface area contributed by atoms with Gasteiger partial charge in [-0.05, 0) is 38.5 Å².